The first-order valence-electron chi connectivity index (χ1n) is 7.68. The number of aryl methyl sites for hydroxylation is 2. The Labute approximate surface area is 132 Å². The molecule has 0 aliphatic rings. The van der Waals surface area contributed by atoms with Crippen LogP contribution in [0.1, 0.15) is 35.0 Å². The highest BCUT2D eigenvalue weighted by atomic mass is 16.1. The minimum absolute atomic E-state index is 0.134. The summed E-state index contributed by atoms with van der Waals surface area (Å²) >= 11 is 0. The predicted molar refractivity (Wildman–Crippen MR) is 90.1 cm³/mol. The number of nitrogens with one attached hydrogen (secondary N) is 1. The Morgan fingerprint density at radius 2 is 2.05 bits per heavy atom. The Morgan fingerprint density at radius 3 is 2.73 bits per heavy atom. The van der Waals surface area contributed by atoms with Crippen molar-refractivity contribution in [2.45, 2.75) is 46.7 Å². The molecule has 0 unspecified atom stereocenters. The van der Waals surface area contributed by atoms with Crippen LogP contribution >= 0.6 is 0 Å². The van der Waals surface area contributed by atoms with E-state index in [0.29, 0.717) is 6.04 Å². The highest BCUT2D eigenvalue weighted by Crippen LogP contribution is 2.11. The van der Waals surface area contributed by atoms with Gasteiger partial charge in [-0.3, -0.25) is 14.7 Å². The van der Waals surface area contributed by atoms with E-state index >= 15 is 0 Å². The van der Waals surface area contributed by atoms with Crippen molar-refractivity contribution < 1.29 is 0 Å². The number of hydrogen-bond acceptors (Lipinski definition) is 3. The maximum absolute atomic E-state index is 12.0. The topological polar surface area (TPSA) is 49.0 Å². The van der Waals surface area contributed by atoms with Gasteiger partial charge in [0.1, 0.15) is 0 Å². The smallest absolute Gasteiger partial charge is 0.187 e. The average molecular weight is 299 g/mol. The van der Waals surface area contributed by atoms with Crippen LogP contribution in [0.5, 0.6) is 0 Å². The first-order valence-corrected chi connectivity index (χ1v) is 7.68. The van der Waals surface area contributed by atoms with Gasteiger partial charge in [-0.25, -0.2) is 0 Å². The van der Waals surface area contributed by atoms with Gasteiger partial charge in [0.15, 0.2) is 5.43 Å². The first-order chi connectivity index (χ1) is 10.4. The minimum Gasteiger partial charge on any atom is -0.363 e. The molecule has 0 aliphatic heterocycles. The van der Waals surface area contributed by atoms with Gasteiger partial charge in [0.05, 0.1) is 0 Å². The van der Waals surface area contributed by atoms with Crippen molar-refractivity contribution in [2.24, 2.45) is 0 Å². The molecule has 1 atom stereocenters. The maximum Gasteiger partial charge on any atom is 0.187 e. The van der Waals surface area contributed by atoms with E-state index < -0.39 is 0 Å². The molecule has 0 saturated heterocycles. The van der Waals surface area contributed by atoms with E-state index in [4.69, 9.17) is 0 Å². The Balaban J connectivity index is 2.07. The number of aromatic amines is 1. The zero-order chi connectivity index (χ0) is 16.3. The fourth-order valence-electron chi connectivity index (χ4n) is 2.54. The van der Waals surface area contributed by atoms with E-state index in [1.54, 1.807) is 6.20 Å². The Hall–Kier alpha value is -1.94. The first kappa shape index (κ1) is 16.4. The molecule has 0 aliphatic carbocycles. The quantitative estimate of drug-likeness (QED) is 0.923. The molecule has 2 aromatic rings. The number of rotatable bonds is 5. The second-order valence-corrected chi connectivity index (χ2v) is 6.20. The second-order valence-electron chi connectivity index (χ2n) is 6.20. The van der Waals surface area contributed by atoms with Crippen molar-refractivity contribution in [3.63, 3.8) is 0 Å². The minimum atomic E-state index is 0.134. The van der Waals surface area contributed by atoms with Crippen LogP contribution in [-0.2, 0) is 13.0 Å². The molecular formula is C18H25N3O. The molecule has 0 saturated carbocycles. The lowest BCUT2D eigenvalue weighted by molar-refractivity contribution is 0.243. The van der Waals surface area contributed by atoms with Gasteiger partial charge in [-0.15, -0.1) is 0 Å². The maximum atomic E-state index is 12.0. The van der Waals surface area contributed by atoms with Crippen molar-refractivity contribution in [3.8, 4) is 0 Å². The van der Waals surface area contributed by atoms with Crippen molar-refractivity contribution >= 4 is 0 Å². The number of H-pyrrole nitrogens is 1. The monoisotopic (exact) mass is 299 g/mol. The van der Waals surface area contributed by atoms with Crippen LogP contribution in [0.25, 0.3) is 0 Å². The molecule has 4 heteroatoms. The van der Waals surface area contributed by atoms with Crippen molar-refractivity contribution in [1.29, 1.82) is 0 Å². The van der Waals surface area contributed by atoms with Crippen molar-refractivity contribution in [2.75, 3.05) is 7.05 Å². The van der Waals surface area contributed by atoms with Gasteiger partial charge in [-0.05, 0) is 52.4 Å². The molecule has 0 spiro atoms. The standard InChI is InChI=1S/C18H25N3O/c1-12-6-7-19-16(8-12)9-14(3)21(5)11-17-15(4)18(22)13(2)10-20-17/h6-8,10,14H,9,11H2,1-5H3,(H,20,22)/t14-/m1/s1. The van der Waals surface area contributed by atoms with Crippen LogP contribution in [0.15, 0.2) is 29.3 Å². The van der Waals surface area contributed by atoms with E-state index in [-0.39, 0.29) is 5.43 Å². The SMILES string of the molecule is Cc1ccnc(C[C@@H](C)N(C)Cc2[nH]cc(C)c(=O)c2C)c1. The van der Waals surface area contributed by atoms with Crippen molar-refractivity contribution in [3.05, 3.63) is 62.8 Å². The van der Waals surface area contributed by atoms with E-state index in [0.717, 1.165) is 35.5 Å². The summed E-state index contributed by atoms with van der Waals surface area (Å²) in [5.41, 5.74) is 5.04. The lowest BCUT2D eigenvalue weighted by Gasteiger charge is -2.25. The normalized spacial score (nSPS) is 12.6. The van der Waals surface area contributed by atoms with Crippen LogP contribution in [0, 0.1) is 20.8 Å². The van der Waals surface area contributed by atoms with Gasteiger partial charge in [0, 0.05) is 53.9 Å². The summed E-state index contributed by atoms with van der Waals surface area (Å²) in [5.74, 6) is 0. The molecule has 0 aromatic carbocycles. The third-order valence-electron chi connectivity index (χ3n) is 4.25. The lowest BCUT2D eigenvalue weighted by Crippen LogP contribution is -2.32. The van der Waals surface area contributed by atoms with Crippen LogP contribution in [0.4, 0.5) is 0 Å². The van der Waals surface area contributed by atoms with Gasteiger partial charge in [0.25, 0.3) is 0 Å². The van der Waals surface area contributed by atoms with E-state index in [2.05, 4.69) is 41.8 Å². The molecule has 0 bridgehead atoms. The highest BCUT2D eigenvalue weighted by Gasteiger charge is 2.14. The molecule has 2 rings (SSSR count). The third-order valence-corrected chi connectivity index (χ3v) is 4.25. The third kappa shape index (κ3) is 3.83. The Bertz CT molecular complexity index is 706. The summed E-state index contributed by atoms with van der Waals surface area (Å²) in [6.07, 6.45) is 4.55. The molecule has 4 nitrogen and oxygen atoms in total. The second kappa shape index (κ2) is 6.88. The predicted octanol–water partition coefficient (Wildman–Crippen LogP) is 2.76. The summed E-state index contributed by atoms with van der Waals surface area (Å²) in [5, 5.41) is 0. The van der Waals surface area contributed by atoms with E-state index in [1.165, 1.54) is 5.56 Å². The summed E-state index contributed by atoms with van der Waals surface area (Å²) in [7, 11) is 2.08. The van der Waals surface area contributed by atoms with Gasteiger partial charge in [0.2, 0.25) is 0 Å². The largest absolute Gasteiger partial charge is 0.363 e. The van der Waals surface area contributed by atoms with Gasteiger partial charge in [-0.1, -0.05) is 0 Å². The molecule has 2 aromatic heterocycles. The lowest BCUT2D eigenvalue weighted by atomic mass is 10.1. The van der Waals surface area contributed by atoms with Gasteiger partial charge < -0.3 is 4.98 Å². The number of hydrogen-bond donors (Lipinski definition) is 1. The highest BCUT2D eigenvalue weighted by molar-refractivity contribution is 5.23. The van der Waals surface area contributed by atoms with E-state index in [9.17, 15) is 4.79 Å². The fourth-order valence-corrected chi connectivity index (χ4v) is 2.54. The molecule has 118 valence electrons. The molecule has 1 N–H and O–H groups in total. The van der Waals surface area contributed by atoms with Gasteiger partial charge >= 0.3 is 0 Å². The van der Waals surface area contributed by atoms with Crippen LogP contribution < -0.4 is 5.43 Å². The zero-order valence-electron chi connectivity index (χ0n) is 14.1. The molecule has 0 amide bonds. The number of likely N-dealkylation sites (N-methyl/N-ethyl adjacent to an activating group) is 1. The molecule has 0 radical (unpaired) electrons. The van der Waals surface area contributed by atoms with Gasteiger partial charge in [-0.2, -0.15) is 0 Å². The Kier molecular flexibility index (Phi) is 5.14. The summed E-state index contributed by atoms with van der Waals surface area (Å²) in [6, 6.07) is 4.49. The number of pyridine rings is 2. The number of nitrogens with zero attached hydrogens (tertiary/aromatic N) is 2. The molecular weight excluding hydrogens is 274 g/mol. The Morgan fingerprint density at radius 1 is 1.32 bits per heavy atom. The van der Waals surface area contributed by atoms with Crippen molar-refractivity contribution in [1.82, 2.24) is 14.9 Å². The van der Waals surface area contributed by atoms with Crippen LogP contribution in [0.2, 0.25) is 0 Å². The number of aromatic nitrogens is 2. The average Bonchev–Trinajstić information content (AvgIpc) is 2.47. The zero-order valence-corrected chi connectivity index (χ0v) is 14.1. The fraction of sp³-hybridized carbons (Fsp3) is 0.444. The summed E-state index contributed by atoms with van der Waals surface area (Å²) in [4.78, 5) is 21.9. The molecule has 0 fully saturated rings. The molecule has 22 heavy (non-hydrogen) atoms. The van der Waals surface area contributed by atoms with Crippen LogP contribution in [0.3, 0.4) is 0 Å². The van der Waals surface area contributed by atoms with E-state index in [1.807, 2.05) is 26.1 Å². The summed E-state index contributed by atoms with van der Waals surface area (Å²) < 4.78 is 0. The molecule has 2 heterocycles. The van der Waals surface area contributed by atoms with Crippen LogP contribution in [-0.4, -0.2) is 28.0 Å². The summed E-state index contributed by atoms with van der Waals surface area (Å²) in [6.45, 7) is 8.73.